The SMILES string of the molecule is N[C@H](CO)c1ccc(=S)[nH]c1. The van der Waals surface area contributed by atoms with Gasteiger partial charge in [0.2, 0.25) is 0 Å². The van der Waals surface area contributed by atoms with Crippen molar-refractivity contribution in [3.05, 3.63) is 28.5 Å². The summed E-state index contributed by atoms with van der Waals surface area (Å²) in [5.41, 5.74) is 6.40. The van der Waals surface area contributed by atoms with Crippen LogP contribution < -0.4 is 5.73 Å². The Bertz CT molecular complexity index is 264. The zero-order chi connectivity index (χ0) is 8.27. The van der Waals surface area contributed by atoms with Gasteiger partial charge in [-0.25, -0.2) is 0 Å². The van der Waals surface area contributed by atoms with Gasteiger partial charge in [0.15, 0.2) is 0 Å². The Kier molecular flexibility index (Phi) is 2.76. The van der Waals surface area contributed by atoms with Crippen LogP contribution in [0.25, 0.3) is 0 Å². The van der Waals surface area contributed by atoms with E-state index in [0.29, 0.717) is 4.64 Å². The molecule has 0 radical (unpaired) electrons. The van der Waals surface area contributed by atoms with E-state index in [2.05, 4.69) is 4.98 Å². The molecule has 1 heterocycles. The Morgan fingerprint density at radius 1 is 1.64 bits per heavy atom. The van der Waals surface area contributed by atoms with Crippen LogP contribution in [0.5, 0.6) is 0 Å². The number of nitrogens with one attached hydrogen (secondary N) is 1. The zero-order valence-electron chi connectivity index (χ0n) is 5.95. The van der Waals surface area contributed by atoms with E-state index in [4.69, 9.17) is 23.1 Å². The van der Waals surface area contributed by atoms with Gasteiger partial charge in [0.25, 0.3) is 0 Å². The summed E-state index contributed by atoms with van der Waals surface area (Å²) in [6, 6.07) is 3.24. The Labute approximate surface area is 69.9 Å². The fourth-order valence-electron chi connectivity index (χ4n) is 0.759. The Balaban J connectivity index is 2.89. The molecule has 0 saturated heterocycles. The molecule has 1 aromatic rings. The van der Waals surface area contributed by atoms with Gasteiger partial charge in [0.05, 0.1) is 12.6 Å². The van der Waals surface area contributed by atoms with E-state index in [1.807, 2.05) is 0 Å². The van der Waals surface area contributed by atoms with Crippen LogP contribution in [0.4, 0.5) is 0 Å². The van der Waals surface area contributed by atoms with Gasteiger partial charge in [-0.15, -0.1) is 0 Å². The molecule has 0 amide bonds. The van der Waals surface area contributed by atoms with E-state index in [0.717, 1.165) is 5.56 Å². The van der Waals surface area contributed by atoms with E-state index in [1.165, 1.54) is 0 Å². The minimum absolute atomic E-state index is 0.0510. The van der Waals surface area contributed by atoms with E-state index >= 15 is 0 Å². The third-order valence-corrected chi connectivity index (χ3v) is 1.69. The maximum absolute atomic E-state index is 8.69. The first-order valence-electron chi connectivity index (χ1n) is 3.29. The third kappa shape index (κ3) is 2.11. The van der Waals surface area contributed by atoms with Crippen LogP contribution in [0.2, 0.25) is 0 Å². The fraction of sp³-hybridized carbons (Fsp3) is 0.286. The molecule has 1 atom stereocenters. The molecule has 0 fully saturated rings. The zero-order valence-corrected chi connectivity index (χ0v) is 6.77. The van der Waals surface area contributed by atoms with Crippen LogP contribution in [-0.4, -0.2) is 16.7 Å². The van der Waals surface area contributed by atoms with Gasteiger partial charge >= 0.3 is 0 Å². The maximum atomic E-state index is 8.69. The highest BCUT2D eigenvalue weighted by atomic mass is 32.1. The van der Waals surface area contributed by atoms with E-state index < -0.39 is 0 Å². The van der Waals surface area contributed by atoms with Gasteiger partial charge in [-0.05, 0) is 11.6 Å². The van der Waals surface area contributed by atoms with Crippen LogP contribution in [0.15, 0.2) is 18.3 Å². The lowest BCUT2D eigenvalue weighted by Crippen LogP contribution is -2.14. The van der Waals surface area contributed by atoms with Crippen LogP contribution in [0.1, 0.15) is 11.6 Å². The monoisotopic (exact) mass is 170 g/mol. The highest BCUT2D eigenvalue weighted by Crippen LogP contribution is 2.06. The number of rotatable bonds is 2. The van der Waals surface area contributed by atoms with Crippen molar-refractivity contribution in [2.24, 2.45) is 5.73 Å². The summed E-state index contributed by atoms with van der Waals surface area (Å²) >= 11 is 4.84. The molecule has 0 aliphatic heterocycles. The molecule has 11 heavy (non-hydrogen) atoms. The van der Waals surface area contributed by atoms with Gasteiger partial charge in [0, 0.05) is 6.20 Å². The Hall–Kier alpha value is -0.710. The van der Waals surface area contributed by atoms with E-state index in [1.54, 1.807) is 18.3 Å². The number of pyridine rings is 1. The van der Waals surface area contributed by atoms with Crippen molar-refractivity contribution in [3.63, 3.8) is 0 Å². The molecule has 0 aliphatic carbocycles. The van der Waals surface area contributed by atoms with Gasteiger partial charge in [-0.2, -0.15) is 0 Å². The second-order valence-corrected chi connectivity index (χ2v) is 2.72. The summed E-state index contributed by atoms with van der Waals surface area (Å²) in [4.78, 5) is 2.84. The Morgan fingerprint density at radius 2 is 2.36 bits per heavy atom. The predicted octanol–water partition coefficient (Wildman–Crippen LogP) is 0.736. The van der Waals surface area contributed by atoms with Gasteiger partial charge in [-0.1, -0.05) is 18.3 Å². The van der Waals surface area contributed by atoms with Crippen molar-refractivity contribution in [1.82, 2.24) is 4.98 Å². The largest absolute Gasteiger partial charge is 0.394 e. The second-order valence-electron chi connectivity index (χ2n) is 2.28. The van der Waals surface area contributed by atoms with Crippen LogP contribution in [-0.2, 0) is 0 Å². The van der Waals surface area contributed by atoms with Crippen molar-refractivity contribution in [2.75, 3.05) is 6.61 Å². The number of aliphatic hydroxyl groups excluding tert-OH is 1. The fourth-order valence-corrected chi connectivity index (χ4v) is 0.886. The predicted molar refractivity (Wildman–Crippen MR) is 45.6 cm³/mol. The molecule has 0 aromatic carbocycles. The van der Waals surface area contributed by atoms with Crippen LogP contribution >= 0.6 is 12.2 Å². The van der Waals surface area contributed by atoms with Crippen molar-refractivity contribution in [3.8, 4) is 0 Å². The van der Waals surface area contributed by atoms with Crippen molar-refractivity contribution in [2.45, 2.75) is 6.04 Å². The van der Waals surface area contributed by atoms with Gasteiger partial charge in [-0.3, -0.25) is 0 Å². The lowest BCUT2D eigenvalue weighted by molar-refractivity contribution is 0.268. The van der Waals surface area contributed by atoms with Crippen molar-refractivity contribution in [1.29, 1.82) is 0 Å². The number of aromatic nitrogens is 1. The minimum atomic E-state index is -0.318. The lowest BCUT2D eigenvalue weighted by Gasteiger charge is -2.06. The molecule has 4 N–H and O–H groups in total. The van der Waals surface area contributed by atoms with Gasteiger partial charge < -0.3 is 15.8 Å². The quantitative estimate of drug-likeness (QED) is 0.573. The molecule has 0 bridgehead atoms. The molecule has 60 valence electrons. The molecule has 0 spiro atoms. The molecule has 4 heteroatoms. The van der Waals surface area contributed by atoms with Crippen LogP contribution in [0, 0.1) is 4.64 Å². The molecule has 0 aliphatic rings. The molecule has 1 rings (SSSR count). The maximum Gasteiger partial charge on any atom is 0.103 e. The standard InChI is InChI=1S/C7H10N2OS/c8-6(4-10)5-1-2-7(11)9-3-5/h1-3,6,10H,4,8H2,(H,9,11)/t6-/m1/s1. The summed E-state index contributed by atoms with van der Waals surface area (Å²) in [5, 5.41) is 8.69. The summed E-state index contributed by atoms with van der Waals surface area (Å²) in [6.45, 7) is -0.0510. The first kappa shape index (κ1) is 8.39. The van der Waals surface area contributed by atoms with E-state index in [9.17, 15) is 0 Å². The first-order valence-corrected chi connectivity index (χ1v) is 3.70. The highest BCUT2D eigenvalue weighted by molar-refractivity contribution is 7.71. The number of nitrogens with two attached hydrogens (primary N) is 1. The highest BCUT2D eigenvalue weighted by Gasteiger charge is 2.01. The normalized spacial score (nSPS) is 12.9. The number of aromatic amines is 1. The first-order chi connectivity index (χ1) is 5.24. The average Bonchev–Trinajstić information content (AvgIpc) is 2.05. The Morgan fingerprint density at radius 3 is 2.82 bits per heavy atom. The molecule has 0 unspecified atom stereocenters. The number of hydrogen-bond acceptors (Lipinski definition) is 3. The number of aliphatic hydroxyl groups is 1. The third-order valence-electron chi connectivity index (χ3n) is 1.43. The smallest absolute Gasteiger partial charge is 0.103 e. The van der Waals surface area contributed by atoms with Crippen LogP contribution in [0.3, 0.4) is 0 Å². The van der Waals surface area contributed by atoms with E-state index in [-0.39, 0.29) is 12.6 Å². The topological polar surface area (TPSA) is 62.0 Å². The molecule has 3 nitrogen and oxygen atoms in total. The lowest BCUT2D eigenvalue weighted by atomic mass is 10.1. The summed E-state index contributed by atoms with van der Waals surface area (Å²) in [6.07, 6.45) is 1.71. The van der Waals surface area contributed by atoms with Crippen molar-refractivity contribution < 1.29 is 5.11 Å². The molecular weight excluding hydrogens is 160 g/mol. The minimum Gasteiger partial charge on any atom is -0.394 e. The summed E-state index contributed by atoms with van der Waals surface area (Å²) < 4.78 is 0.666. The molecular formula is C7H10N2OS. The number of hydrogen-bond donors (Lipinski definition) is 3. The summed E-state index contributed by atoms with van der Waals surface area (Å²) in [7, 11) is 0. The molecule has 1 aromatic heterocycles. The second kappa shape index (κ2) is 3.61. The molecule has 0 saturated carbocycles. The average molecular weight is 170 g/mol. The van der Waals surface area contributed by atoms with Crippen molar-refractivity contribution >= 4 is 12.2 Å². The van der Waals surface area contributed by atoms with Gasteiger partial charge in [0.1, 0.15) is 4.64 Å². The summed E-state index contributed by atoms with van der Waals surface area (Å²) in [5.74, 6) is 0. The number of H-pyrrole nitrogens is 1.